The molecule has 4 nitrogen and oxygen atoms in total. The van der Waals surface area contributed by atoms with E-state index >= 15 is 0 Å². The number of nitrogens with one attached hydrogen (secondary N) is 1. The van der Waals surface area contributed by atoms with Crippen LogP contribution in [0.5, 0.6) is 5.75 Å². The highest BCUT2D eigenvalue weighted by Gasteiger charge is 2.30. The van der Waals surface area contributed by atoms with Gasteiger partial charge in [-0.2, -0.15) is 0 Å². The zero-order valence-corrected chi connectivity index (χ0v) is 14.9. The summed E-state index contributed by atoms with van der Waals surface area (Å²) >= 11 is 0. The molecular formula is C21H26N2O2. The number of nitrogens with zero attached hydrogens (tertiary/aromatic N) is 1. The molecule has 1 aliphatic heterocycles. The molecule has 2 aromatic rings. The zero-order chi connectivity index (χ0) is 17.6. The number of rotatable bonds is 6. The molecule has 0 aromatic heterocycles. The second-order valence-corrected chi connectivity index (χ2v) is 6.63. The first-order valence-electron chi connectivity index (χ1n) is 8.87. The number of amides is 1. The number of carbonyl (C=O) groups excluding carboxylic acids is 1. The maximum Gasteiger partial charge on any atom is 0.237 e. The van der Waals surface area contributed by atoms with E-state index in [2.05, 4.69) is 34.5 Å². The minimum Gasteiger partial charge on any atom is -0.497 e. The Morgan fingerprint density at radius 3 is 2.60 bits per heavy atom. The second-order valence-electron chi connectivity index (χ2n) is 6.63. The lowest BCUT2D eigenvalue weighted by atomic mass is 9.99. The zero-order valence-electron chi connectivity index (χ0n) is 14.9. The lowest BCUT2D eigenvalue weighted by molar-refractivity contribution is -0.125. The van der Waals surface area contributed by atoms with Crippen LogP contribution >= 0.6 is 0 Å². The summed E-state index contributed by atoms with van der Waals surface area (Å²) in [6, 6.07) is 18.3. The third-order valence-electron chi connectivity index (χ3n) is 5.04. The van der Waals surface area contributed by atoms with Crippen molar-refractivity contribution in [3.05, 3.63) is 65.7 Å². The highest BCUT2D eigenvalue weighted by molar-refractivity contribution is 5.81. The SMILES string of the molecule is COc1ccc(CNC(=O)C(C)N2CCC(c3ccccc3)C2)cc1. The molecule has 25 heavy (non-hydrogen) atoms. The molecule has 3 rings (SSSR count). The van der Waals surface area contributed by atoms with Crippen molar-refractivity contribution in [2.75, 3.05) is 20.2 Å². The Kier molecular flexibility index (Phi) is 5.71. The Labute approximate surface area is 149 Å². The summed E-state index contributed by atoms with van der Waals surface area (Å²) in [5.74, 6) is 1.44. The van der Waals surface area contributed by atoms with Crippen molar-refractivity contribution in [3.63, 3.8) is 0 Å². The fraction of sp³-hybridized carbons (Fsp3) is 0.381. The van der Waals surface area contributed by atoms with Crippen molar-refractivity contribution in [2.24, 2.45) is 0 Å². The van der Waals surface area contributed by atoms with Gasteiger partial charge >= 0.3 is 0 Å². The summed E-state index contributed by atoms with van der Waals surface area (Å²) in [4.78, 5) is 14.8. The normalized spacial score (nSPS) is 18.7. The smallest absolute Gasteiger partial charge is 0.237 e. The van der Waals surface area contributed by atoms with E-state index in [1.165, 1.54) is 5.56 Å². The number of methoxy groups -OCH3 is 1. The number of likely N-dealkylation sites (tertiary alicyclic amines) is 1. The summed E-state index contributed by atoms with van der Waals surface area (Å²) in [7, 11) is 1.65. The van der Waals surface area contributed by atoms with E-state index in [1.807, 2.05) is 37.3 Å². The molecule has 0 saturated carbocycles. The van der Waals surface area contributed by atoms with Crippen molar-refractivity contribution < 1.29 is 9.53 Å². The van der Waals surface area contributed by atoms with Crippen molar-refractivity contribution in [1.29, 1.82) is 0 Å². The van der Waals surface area contributed by atoms with Crippen LogP contribution in [0.4, 0.5) is 0 Å². The van der Waals surface area contributed by atoms with E-state index in [4.69, 9.17) is 4.74 Å². The van der Waals surface area contributed by atoms with E-state index in [1.54, 1.807) is 7.11 Å². The van der Waals surface area contributed by atoms with Gasteiger partial charge in [0.2, 0.25) is 5.91 Å². The number of ether oxygens (including phenoxy) is 1. The van der Waals surface area contributed by atoms with Crippen molar-refractivity contribution in [1.82, 2.24) is 10.2 Å². The van der Waals surface area contributed by atoms with Gasteiger partial charge < -0.3 is 10.1 Å². The first-order chi connectivity index (χ1) is 12.2. The highest BCUT2D eigenvalue weighted by Crippen LogP contribution is 2.28. The third-order valence-corrected chi connectivity index (χ3v) is 5.04. The quantitative estimate of drug-likeness (QED) is 0.879. The summed E-state index contributed by atoms with van der Waals surface area (Å²) in [6.07, 6.45) is 1.11. The van der Waals surface area contributed by atoms with E-state index in [0.717, 1.165) is 30.8 Å². The summed E-state index contributed by atoms with van der Waals surface area (Å²) in [5, 5.41) is 3.05. The Bertz CT molecular complexity index is 685. The van der Waals surface area contributed by atoms with Crippen molar-refractivity contribution in [2.45, 2.75) is 31.8 Å². The van der Waals surface area contributed by atoms with Gasteiger partial charge in [0.1, 0.15) is 5.75 Å². The average Bonchev–Trinajstić information content (AvgIpc) is 3.16. The molecule has 0 aliphatic carbocycles. The predicted molar refractivity (Wildman–Crippen MR) is 99.7 cm³/mol. The van der Waals surface area contributed by atoms with Crippen LogP contribution in [0.2, 0.25) is 0 Å². The molecule has 2 aromatic carbocycles. The average molecular weight is 338 g/mol. The summed E-state index contributed by atoms with van der Waals surface area (Å²) in [5.41, 5.74) is 2.45. The van der Waals surface area contributed by atoms with Crippen molar-refractivity contribution >= 4 is 5.91 Å². The van der Waals surface area contributed by atoms with Gasteiger partial charge in [0.05, 0.1) is 13.2 Å². The van der Waals surface area contributed by atoms with Crippen LogP contribution in [0.15, 0.2) is 54.6 Å². The largest absolute Gasteiger partial charge is 0.497 e. The fourth-order valence-electron chi connectivity index (χ4n) is 3.38. The first kappa shape index (κ1) is 17.5. The summed E-state index contributed by atoms with van der Waals surface area (Å²) < 4.78 is 5.15. The van der Waals surface area contributed by atoms with Crippen LogP contribution in [0.25, 0.3) is 0 Å². The van der Waals surface area contributed by atoms with Crippen LogP contribution in [0, 0.1) is 0 Å². The maximum absolute atomic E-state index is 12.5. The van der Waals surface area contributed by atoms with Crippen LogP contribution in [0.3, 0.4) is 0 Å². The molecule has 1 N–H and O–H groups in total. The lowest BCUT2D eigenvalue weighted by Crippen LogP contribution is -2.43. The van der Waals surface area contributed by atoms with Gasteiger partial charge in [-0.3, -0.25) is 9.69 Å². The Balaban J connectivity index is 1.50. The fourth-order valence-corrected chi connectivity index (χ4v) is 3.38. The minimum absolute atomic E-state index is 0.0875. The molecule has 0 spiro atoms. The van der Waals surface area contributed by atoms with Gasteiger partial charge in [-0.1, -0.05) is 42.5 Å². The molecule has 2 atom stereocenters. The topological polar surface area (TPSA) is 41.6 Å². The molecular weight excluding hydrogens is 312 g/mol. The van der Waals surface area contributed by atoms with E-state index in [0.29, 0.717) is 12.5 Å². The molecule has 2 unspecified atom stereocenters. The number of hydrogen-bond donors (Lipinski definition) is 1. The van der Waals surface area contributed by atoms with Gasteiger partial charge in [-0.15, -0.1) is 0 Å². The standard InChI is InChI=1S/C21H26N2O2/c1-16(21(24)22-14-17-8-10-20(25-2)11-9-17)23-13-12-19(15-23)18-6-4-3-5-7-18/h3-11,16,19H,12-15H2,1-2H3,(H,22,24). The molecule has 1 aliphatic rings. The molecule has 4 heteroatoms. The summed E-state index contributed by atoms with van der Waals surface area (Å²) in [6.45, 7) is 4.46. The number of hydrogen-bond acceptors (Lipinski definition) is 3. The van der Waals surface area contributed by atoms with E-state index in [9.17, 15) is 4.79 Å². The monoisotopic (exact) mass is 338 g/mol. The van der Waals surface area contributed by atoms with Crippen LogP contribution < -0.4 is 10.1 Å². The molecule has 1 saturated heterocycles. The van der Waals surface area contributed by atoms with Gasteiger partial charge in [0, 0.05) is 13.1 Å². The molecule has 132 valence electrons. The van der Waals surface area contributed by atoms with Crippen LogP contribution in [-0.4, -0.2) is 37.0 Å². The second kappa shape index (κ2) is 8.17. The maximum atomic E-state index is 12.5. The van der Waals surface area contributed by atoms with Gasteiger partial charge in [0.15, 0.2) is 0 Å². The minimum atomic E-state index is -0.105. The van der Waals surface area contributed by atoms with Crippen LogP contribution in [0.1, 0.15) is 30.4 Å². The lowest BCUT2D eigenvalue weighted by Gasteiger charge is -2.23. The Hall–Kier alpha value is -2.33. The van der Waals surface area contributed by atoms with E-state index in [-0.39, 0.29) is 11.9 Å². The molecule has 1 fully saturated rings. The van der Waals surface area contributed by atoms with Gasteiger partial charge in [-0.05, 0) is 49.1 Å². The molecule has 1 amide bonds. The Morgan fingerprint density at radius 2 is 1.92 bits per heavy atom. The van der Waals surface area contributed by atoms with Gasteiger partial charge in [0.25, 0.3) is 0 Å². The third kappa shape index (κ3) is 4.40. The molecule has 0 bridgehead atoms. The highest BCUT2D eigenvalue weighted by atomic mass is 16.5. The predicted octanol–water partition coefficient (Wildman–Crippen LogP) is 3.19. The van der Waals surface area contributed by atoms with E-state index < -0.39 is 0 Å². The number of carbonyl (C=O) groups is 1. The van der Waals surface area contributed by atoms with Crippen molar-refractivity contribution in [3.8, 4) is 5.75 Å². The first-order valence-corrected chi connectivity index (χ1v) is 8.87. The van der Waals surface area contributed by atoms with Crippen LogP contribution in [-0.2, 0) is 11.3 Å². The Morgan fingerprint density at radius 1 is 1.20 bits per heavy atom. The molecule has 1 heterocycles. The molecule has 0 radical (unpaired) electrons. The number of benzene rings is 2. The van der Waals surface area contributed by atoms with Gasteiger partial charge in [-0.25, -0.2) is 0 Å².